The number of terminal acetylenes is 1. The molecule has 0 aliphatic carbocycles. The second-order valence-corrected chi connectivity index (χ2v) is 14.2. The van der Waals surface area contributed by atoms with Crippen LogP contribution in [-0.4, -0.2) is 9.97 Å². The van der Waals surface area contributed by atoms with E-state index in [1.807, 2.05) is 18.3 Å². The van der Waals surface area contributed by atoms with Gasteiger partial charge in [0.1, 0.15) is 5.52 Å². The van der Waals surface area contributed by atoms with Gasteiger partial charge in [-0.25, -0.2) is 4.98 Å². The van der Waals surface area contributed by atoms with Crippen molar-refractivity contribution in [1.29, 1.82) is 0 Å². The van der Waals surface area contributed by atoms with Crippen LogP contribution in [0.3, 0.4) is 0 Å². The van der Waals surface area contributed by atoms with Gasteiger partial charge in [-0.2, -0.15) is 0 Å². The Morgan fingerprint density at radius 3 is 2.07 bits per heavy atom. The molecule has 3 aromatic carbocycles. The number of pyridine rings is 1. The summed E-state index contributed by atoms with van der Waals surface area (Å²) in [4.78, 5) is 9.88. The van der Waals surface area contributed by atoms with Crippen molar-refractivity contribution in [1.82, 2.24) is 9.97 Å². The molecule has 0 N–H and O–H groups in total. The quantitative estimate of drug-likeness (QED) is 0.176. The second kappa shape index (κ2) is 12.5. The average Bonchev–Trinajstić information content (AvgIpc) is 3.42. The molecule has 0 unspecified atom stereocenters. The van der Waals surface area contributed by atoms with E-state index >= 15 is 0 Å². The summed E-state index contributed by atoms with van der Waals surface area (Å²) in [6, 6.07) is 19.7. The Labute approximate surface area is 269 Å². The molecule has 0 radical (unpaired) electrons. The van der Waals surface area contributed by atoms with Gasteiger partial charge >= 0.3 is 0 Å². The number of allylic oxidation sites excluding steroid dienone is 1. The largest absolute Gasteiger partial charge is 0.436 e. The maximum absolute atomic E-state index is 6.48. The van der Waals surface area contributed by atoms with Crippen LogP contribution in [-0.2, 0) is 5.41 Å². The number of hydrogen-bond acceptors (Lipinski definition) is 3. The highest BCUT2D eigenvalue weighted by Gasteiger charge is 2.23. The van der Waals surface area contributed by atoms with Crippen molar-refractivity contribution in [2.75, 3.05) is 0 Å². The first kappa shape index (κ1) is 32.0. The van der Waals surface area contributed by atoms with E-state index in [0.29, 0.717) is 23.6 Å². The molecule has 45 heavy (non-hydrogen) atoms. The van der Waals surface area contributed by atoms with Gasteiger partial charge in [-0.05, 0) is 123 Å². The Bertz CT molecular complexity index is 1910. The first-order valence-electron chi connectivity index (χ1n) is 16.1. The zero-order chi connectivity index (χ0) is 32.6. The summed E-state index contributed by atoms with van der Waals surface area (Å²) in [7, 11) is 0. The molecule has 230 valence electrons. The lowest BCUT2D eigenvalue weighted by molar-refractivity contribution is 0.588. The fraction of sp³-hybridized carbons (Fsp3) is 0.333. The van der Waals surface area contributed by atoms with Crippen molar-refractivity contribution in [2.45, 2.75) is 92.4 Å². The predicted octanol–water partition coefficient (Wildman–Crippen LogP) is 11.8. The van der Waals surface area contributed by atoms with Crippen LogP contribution in [0.1, 0.15) is 113 Å². The van der Waals surface area contributed by atoms with E-state index in [9.17, 15) is 0 Å². The molecular formula is C42H46N2O. The summed E-state index contributed by atoms with van der Waals surface area (Å²) >= 11 is 0. The Hall–Kier alpha value is -4.42. The maximum Gasteiger partial charge on any atom is 0.227 e. The van der Waals surface area contributed by atoms with Crippen molar-refractivity contribution < 1.29 is 4.42 Å². The molecule has 0 saturated heterocycles. The number of oxazole rings is 1. The van der Waals surface area contributed by atoms with Crippen molar-refractivity contribution in [3.8, 4) is 46.2 Å². The van der Waals surface area contributed by atoms with Gasteiger partial charge in [0, 0.05) is 17.3 Å². The minimum absolute atomic E-state index is 0.0532. The maximum atomic E-state index is 6.48. The Morgan fingerprint density at radius 1 is 0.800 bits per heavy atom. The van der Waals surface area contributed by atoms with E-state index in [4.69, 9.17) is 20.8 Å². The number of benzene rings is 3. The predicted molar refractivity (Wildman–Crippen MR) is 192 cm³/mol. The van der Waals surface area contributed by atoms with Gasteiger partial charge in [-0.1, -0.05) is 86.4 Å². The molecule has 3 nitrogen and oxygen atoms in total. The molecule has 0 fully saturated rings. The summed E-state index contributed by atoms with van der Waals surface area (Å²) in [6.07, 6.45) is 11.2. The molecule has 2 aromatic heterocycles. The van der Waals surface area contributed by atoms with E-state index in [-0.39, 0.29) is 5.41 Å². The number of hydrogen-bond donors (Lipinski definition) is 0. The van der Waals surface area contributed by atoms with E-state index < -0.39 is 0 Å². The molecule has 0 atom stereocenters. The lowest BCUT2D eigenvalue weighted by Gasteiger charge is -2.24. The monoisotopic (exact) mass is 594 g/mol. The minimum Gasteiger partial charge on any atom is -0.436 e. The smallest absolute Gasteiger partial charge is 0.227 e. The summed E-state index contributed by atoms with van der Waals surface area (Å²) < 4.78 is 6.48. The minimum atomic E-state index is -0.0532. The summed E-state index contributed by atoms with van der Waals surface area (Å²) in [6.45, 7) is 22.4. The van der Waals surface area contributed by atoms with E-state index in [1.54, 1.807) is 6.08 Å². The molecule has 5 aromatic rings. The topological polar surface area (TPSA) is 38.9 Å². The van der Waals surface area contributed by atoms with Gasteiger partial charge in [-0.3, -0.25) is 4.98 Å². The lowest BCUT2D eigenvalue weighted by atomic mass is 9.80. The van der Waals surface area contributed by atoms with Gasteiger partial charge < -0.3 is 4.42 Å². The highest BCUT2D eigenvalue weighted by Crippen LogP contribution is 2.40. The molecule has 0 aliphatic heterocycles. The summed E-state index contributed by atoms with van der Waals surface area (Å²) in [5.74, 6) is 4.49. The number of aryl methyl sites for hydroxylation is 1. The fourth-order valence-electron chi connectivity index (χ4n) is 6.10. The van der Waals surface area contributed by atoms with Crippen molar-refractivity contribution in [2.24, 2.45) is 0 Å². The van der Waals surface area contributed by atoms with Crippen molar-refractivity contribution in [3.63, 3.8) is 0 Å². The summed E-state index contributed by atoms with van der Waals surface area (Å²) in [5, 5.41) is 0. The van der Waals surface area contributed by atoms with Gasteiger partial charge in [0.15, 0.2) is 5.58 Å². The van der Waals surface area contributed by atoms with Gasteiger partial charge in [-0.15, -0.1) is 6.42 Å². The van der Waals surface area contributed by atoms with Crippen LogP contribution in [0.5, 0.6) is 0 Å². The molecule has 5 rings (SSSR count). The van der Waals surface area contributed by atoms with E-state index in [0.717, 1.165) is 39.0 Å². The highest BCUT2D eigenvalue weighted by molar-refractivity contribution is 5.84. The molecule has 0 spiro atoms. The third-order valence-corrected chi connectivity index (χ3v) is 8.66. The first-order valence-corrected chi connectivity index (χ1v) is 16.1. The van der Waals surface area contributed by atoms with Gasteiger partial charge in [0.25, 0.3) is 0 Å². The SMILES string of the molecule is C#C/C=C\c1c(C)cc(-c2cc(-c3ccc4oc(-c5c(C(C)C)cc(C(C)C)cc5C(C)C)nc4c3)ccn2)cc1C(C)(C)C. The Balaban J connectivity index is 1.59. The van der Waals surface area contributed by atoms with Gasteiger partial charge in [0.2, 0.25) is 5.89 Å². The number of aromatic nitrogens is 2. The Kier molecular flexibility index (Phi) is 8.90. The van der Waals surface area contributed by atoms with Gasteiger partial charge in [0.05, 0.1) is 5.69 Å². The third-order valence-electron chi connectivity index (χ3n) is 8.66. The normalized spacial score (nSPS) is 12.3. The molecule has 0 aliphatic rings. The first-order chi connectivity index (χ1) is 21.3. The molecule has 0 bridgehead atoms. The van der Waals surface area contributed by atoms with Crippen LogP contribution < -0.4 is 0 Å². The Morgan fingerprint density at radius 2 is 1.47 bits per heavy atom. The number of rotatable bonds is 7. The van der Waals surface area contributed by atoms with Crippen molar-refractivity contribution >= 4 is 17.2 Å². The molecule has 0 saturated carbocycles. The lowest BCUT2D eigenvalue weighted by Crippen LogP contribution is -2.14. The molecule has 2 heterocycles. The molecule has 3 heteroatoms. The fourth-order valence-corrected chi connectivity index (χ4v) is 6.10. The van der Waals surface area contributed by atoms with Crippen LogP contribution in [0.2, 0.25) is 0 Å². The van der Waals surface area contributed by atoms with Crippen LogP contribution >= 0.6 is 0 Å². The zero-order valence-corrected chi connectivity index (χ0v) is 28.5. The third kappa shape index (κ3) is 6.52. The standard InChI is InChI=1S/C42H46N2O/c1-12-13-14-33-28(8)19-32(22-36(33)42(9,10)11)37-23-30(17-18-43-37)29-15-16-39-38(24-29)44-41(45-39)40-34(26(4)5)20-31(25(2)3)21-35(40)27(6)7/h1,13-27H,2-11H3/b14-13-. The summed E-state index contributed by atoms with van der Waals surface area (Å²) in [5.41, 5.74) is 14.5. The van der Waals surface area contributed by atoms with Crippen LogP contribution in [0.15, 0.2) is 71.3 Å². The van der Waals surface area contributed by atoms with E-state index in [2.05, 4.69) is 124 Å². The number of nitrogens with zero attached hydrogens (tertiary/aromatic N) is 2. The highest BCUT2D eigenvalue weighted by atomic mass is 16.3. The molecular weight excluding hydrogens is 548 g/mol. The van der Waals surface area contributed by atoms with Crippen LogP contribution in [0.25, 0.3) is 51.0 Å². The number of fused-ring (bicyclic) bond motifs is 1. The second-order valence-electron chi connectivity index (χ2n) is 14.2. The van der Waals surface area contributed by atoms with E-state index in [1.165, 1.54) is 33.4 Å². The van der Waals surface area contributed by atoms with Crippen molar-refractivity contribution in [3.05, 3.63) is 100 Å². The van der Waals surface area contributed by atoms with Crippen LogP contribution in [0, 0.1) is 19.3 Å². The average molecular weight is 595 g/mol. The zero-order valence-electron chi connectivity index (χ0n) is 28.5. The molecule has 0 amide bonds. The van der Waals surface area contributed by atoms with Crippen LogP contribution in [0.4, 0.5) is 0 Å².